The van der Waals surface area contributed by atoms with Crippen LogP contribution >= 0.6 is 0 Å². The average molecular weight is 342 g/mol. The van der Waals surface area contributed by atoms with Crippen LogP contribution in [0.4, 0.5) is 4.79 Å². The Morgan fingerprint density at radius 3 is 2.84 bits per heavy atom. The zero-order chi connectivity index (χ0) is 17.6. The summed E-state index contributed by atoms with van der Waals surface area (Å²) in [5.74, 6) is 2.38. The molecule has 3 rings (SSSR count). The zero-order valence-corrected chi connectivity index (χ0v) is 14.4. The van der Waals surface area contributed by atoms with Gasteiger partial charge in [0.25, 0.3) is 0 Å². The maximum Gasteiger partial charge on any atom is 0.315 e. The maximum absolute atomic E-state index is 12.2. The lowest BCUT2D eigenvalue weighted by Gasteiger charge is -2.26. The number of rotatable bonds is 5. The van der Waals surface area contributed by atoms with Crippen LogP contribution in [0.25, 0.3) is 0 Å². The minimum atomic E-state index is -0.231. The van der Waals surface area contributed by atoms with Crippen LogP contribution in [0.15, 0.2) is 42.5 Å². The maximum atomic E-state index is 12.2. The largest absolute Gasteiger partial charge is 0.497 e. The summed E-state index contributed by atoms with van der Waals surface area (Å²) in [5.41, 5.74) is 1.95. The third-order valence-electron chi connectivity index (χ3n) is 4.14. The number of fused-ring (bicyclic) bond motifs is 1. The van der Waals surface area contributed by atoms with Gasteiger partial charge in [-0.15, -0.1) is 0 Å². The molecule has 132 valence electrons. The Labute approximate surface area is 147 Å². The van der Waals surface area contributed by atoms with Crippen molar-refractivity contribution in [3.63, 3.8) is 0 Å². The molecule has 2 amide bonds. The topological polar surface area (TPSA) is 68.8 Å². The van der Waals surface area contributed by atoms with Gasteiger partial charge in [0.15, 0.2) is 0 Å². The molecule has 1 aliphatic heterocycles. The van der Waals surface area contributed by atoms with E-state index in [0.29, 0.717) is 19.6 Å². The second-order valence-electron chi connectivity index (χ2n) is 5.82. The van der Waals surface area contributed by atoms with Crippen molar-refractivity contribution in [3.05, 3.63) is 53.6 Å². The average Bonchev–Trinajstić information content (AvgIpc) is 2.66. The van der Waals surface area contributed by atoms with E-state index in [9.17, 15) is 4.79 Å². The first kappa shape index (κ1) is 17.0. The van der Waals surface area contributed by atoms with Crippen LogP contribution in [-0.4, -0.2) is 32.9 Å². The fraction of sp³-hybridized carbons (Fsp3) is 0.316. The summed E-state index contributed by atoms with van der Waals surface area (Å²) in [5, 5.41) is 5.81. The number of nitrogens with one attached hydrogen (secondary N) is 2. The molecule has 0 radical (unpaired) electrons. The van der Waals surface area contributed by atoms with Crippen LogP contribution in [0.2, 0.25) is 0 Å². The van der Waals surface area contributed by atoms with Gasteiger partial charge >= 0.3 is 6.03 Å². The first-order valence-electron chi connectivity index (χ1n) is 8.15. The summed E-state index contributed by atoms with van der Waals surface area (Å²) in [6, 6.07) is 13.0. The first-order chi connectivity index (χ1) is 12.2. The monoisotopic (exact) mass is 342 g/mol. The molecule has 0 bridgehead atoms. The highest BCUT2D eigenvalue weighted by atomic mass is 16.5. The molecule has 1 aliphatic rings. The van der Waals surface area contributed by atoms with E-state index < -0.39 is 0 Å². The lowest BCUT2D eigenvalue weighted by atomic mass is 10.0. The molecule has 6 nitrogen and oxygen atoms in total. The number of para-hydroxylation sites is 1. The van der Waals surface area contributed by atoms with Gasteiger partial charge < -0.3 is 24.8 Å². The van der Waals surface area contributed by atoms with Crippen molar-refractivity contribution in [1.29, 1.82) is 0 Å². The second kappa shape index (κ2) is 7.79. The highest BCUT2D eigenvalue weighted by molar-refractivity contribution is 5.74. The van der Waals surface area contributed by atoms with Crippen molar-refractivity contribution in [3.8, 4) is 17.2 Å². The van der Waals surface area contributed by atoms with Gasteiger partial charge in [-0.1, -0.05) is 18.2 Å². The van der Waals surface area contributed by atoms with Crippen molar-refractivity contribution in [2.75, 3.05) is 20.8 Å². The minimum absolute atomic E-state index is 0.0859. The smallest absolute Gasteiger partial charge is 0.315 e. The molecule has 0 fully saturated rings. The molecule has 1 atom stereocenters. The van der Waals surface area contributed by atoms with E-state index >= 15 is 0 Å². The van der Waals surface area contributed by atoms with Crippen LogP contribution in [0.1, 0.15) is 11.1 Å². The van der Waals surface area contributed by atoms with Crippen LogP contribution in [0, 0.1) is 0 Å². The summed E-state index contributed by atoms with van der Waals surface area (Å²) >= 11 is 0. The van der Waals surface area contributed by atoms with Crippen molar-refractivity contribution in [2.45, 2.75) is 19.0 Å². The molecule has 1 heterocycles. The van der Waals surface area contributed by atoms with E-state index in [2.05, 4.69) is 10.6 Å². The second-order valence-corrected chi connectivity index (χ2v) is 5.82. The number of carbonyl (C=O) groups excluding carboxylic acids is 1. The Morgan fingerprint density at radius 2 is 2.04 bits per heavy atom. The number of hydrogen-bond donors (Lipinski definition) is 2. The van der Waals surface area contributed by atoms with E-state index in [1.807, 2.05) is 42.5 Å². The van der Waals surface area contributed by atoms with Gasteiger partial charge in [-0.25, -0.2) is 4.79 Å². The van der Waals surface area contributed by atoms with E-state index in [0.717, 1.165) is 28.4 Å². The van der Waals surface area contributed by atoms with Gasteiger partial charge in [0.05, 0.1) is 20.3 Å². The predicted octanol–water partition coefficient (Wildman–Crippen LogP) is 2.51. The number of amides is 2. The molecule has 0 saturated heterocycles. The minimum Gasteiger partial charge on any atom is -0.497 e. The molecule has 2 aromatic carbocycles. The van der Waals surface area contributed by atoms with E-state index in [1.165, 1.54) is 0 Å². The van der Waals surface area contributed by atoms with E-state index in [-0.39, 0.29) is 12.1 Å². The Bertz CT molecular complexity index is 748. The lowest BCUT2D eigenvalue weighted by Crippen LogP contribution is -2.47. The molecule has 25 heavy (non-hydrogen) atoms. The zero-order valence-electron chi connectivity index (χ0n) is 14.4. The third-order valence-corrected chi connectivity index (χ3v) is 4.14. The molecular weight excluding hydrogens is 320 g/mol. The van der Waals surface area contributed by atoms with Crippen molar-refractivity contribution >= 4 is 6.03 Å². The van der Waals surface area contributed by atoms with Gasteiger partial charge in [0, 0.05) is 12.1 Å². The fourth-order valence-corrected chi connectivity index (χ4v) is 2.85. The SMILES string of the molecule is COc1ccc2c(c1)CC(NC(=O)NCc1ccccc1OC)CO2. The van der Waals surface area contributed by atoms with E-state index in [1.54, 1.807) is 14.2 Å². The number of benzene rings is 2. The van der Waals surface area contributed by atoms with Crippen molar-refractivity contribution in [1.82, 2.24) is 10.6 Å². The number of hydrogen-bond acceptors (Lipinski definition) is 4. The Hall–Kier alpha value is -2.89. The quantitative estimate of drug-likeness (QED) is 0.876. The number of urea groups is 1. The van der Waals surface area contributed by atoms with Gasteiger partial charge in [0.1, 0.15) is 23.9 Å². The standard InChI is InChI=1S/C19H22N2O4/c1-23-16-7-8-18-14(10-16)9-15(12-25-18)21-19(22)20-11-13-5-3-4-6-17(13)24-2/h3-8,10,15H,9,11-12H2,1-2H3,(H2,20,21,22). The molecule has 1 unspecified atom stereocenters. The van der Waals surface area contributed by atoms with Gasteiger partial charge in [-0.2, -0.15) is 0 Å². The lowest BCUT2D eigenvalue weighted by molar-refractivity contribution is 0.214. The molecule has 6 heteroatoms. The van der Waals surface area contributed by atoms with Crippen LogP contribution in [0.5, 0.6) is 17.2 Å². The molecule has 2 N–H and O–H groups in total. The highest BCUT2D eigenvalue weighted by Gasteiger charge is 2.22. The van der Waals surface area contributed by atoms with Gasteiger partial charge in [0.2, 0.25) is 0 Å². The molecule has 0 saturated carbocycles. The third kappa shape index (κ3) is 4.15. The molecule has 0 aliphatic carbocycles. The summed E-state index contributed by atoms with van der Waals surface area (Å²) in [4.78, 5) is 12.2. The summed E-state index contributed by atoms with van der Waals surface area (Å²) in [6.45, 7) is 0.843. The Morgan fingerprint density at radius 1 is 1.20 bits per heavy atom. The Balaban J connectivity index is 1.55. The molecular formula is C19H22N2O4. The Kier molecular flexibility index (Phi) is 5.28. The van der Waals surface area contributed by atoms with E-state index in [4.69, 9.17) is 14.2 Å². The molecule has 0 spiro atoms. The van der Waals surface area contributed by atoms with Gasteiger partial charge in [-0.05, 0) is 36.2 Å². The van der Waals surface area contributed by atoms with Crippen LogP contribution in [0.3, 0.4) is 0 Å². The molecule has 2 aromatic rings. The normalized spacial score (nSPS) is 15.5. The summed E-state index contributed by atoms with van der Waals surface area (Å²) in [6.07, 6.45) is 0.703. The van der Waals surface area contributed by atoms with Crippen LogP contribution in [-0.2, 0) is 13.0 Å². The van der Waals surface area contributed by atoms with Crippen molar-refractivity contribution < 1.29 is 19.0 Å². The van der Waals surface area contributed by atoms with Crippen LogP contribution < -0.4 is 24.8 Å². The number of ether oxygens (including phenoxy) is 3. The molecule has 0 aromatic heterocycles. The number of carbonyl (C=O) groups is 1. The number of methoxy groups -OCH3 is 2. The summed E-state index contributed by atoms with van der Waals surface area (Å²) < 4.78 is 16.2. The van der Waals surface area contributed by atoms with Crippen molar-refractivity contribution in [2.24, 2.45) is 0 Å². The summed E-state index contributed by atoms with van der Waals surface area (Å²) in [7, 11) is 3.25. The highest BCUT2D eigenvalue weighted by Crippen LogP contribution is 2.28. The predicted molar refractivity (Wildman–Crippen MR) is 94.3 cm³/mol. The van der Waals surface area contributed by atoms with Gasteiger partial charge in [-0.3, -0.25) is 0 Å². The fourth-order valence-electron chi connectivity index (χ4n) is 2.85. The first-order valence-corrected chi connectivity index (χ1v) is 8.15.